The Morgan fingerprint density at radius 1 is 1.40 bits per heavy atom. The van der Waals surface area contributed by atoms with Crippen molar-refractivity contribution in [1.82, 2.24) is 15.1 Å². The van der Waals surface area contributed by atoms with Crippen LogP contribution in [0, 0.1) is 0 Å². The van der Waals surface area contributed by atoms with Crippen LogP contribution >= 0.6 is 0 Å². The third-order valence-corrected chi connectivity index (χ3v) is 3.20. The van der Waals surface area contributed by atoms with Gasteiger partial charge in [0.1, 0.15) is 11.4 Å². The summed E-state index contributed by atoms with van der Waals surface area (Å²) in [6.45, 7) is 6.97. The summed E-state index contributed by atoms with van der Waals surface area (Å²) in [4.78, 5) is 13.7. The smallest absolute Gasteiger partial charge is 0.410 e. The third-order valence-electron chi connectivity index (χ3n) is 3.20. The number of amides is 1. The van der Waals surface area contributed by atoms with Crippen molar-refractivity contribution in [3.63, 3.8) is 0 Å². The molecule has 1 amide bonds. The topological polar surface area (TPSA) is 67.4 Å². The quantitative estimate of drug-likeness (QED) is 0.898. The molecule has 1 atom stereocenters. The highest BCUT2D eigenvalue weighted by Gasteiger charge is 2.31. The molecule has 1 fully saturated rings. The van der Waals surface area contributed by atoms with Gasteiger partial charge in [0, 0.05) is 26.1 Å². The molecule has 20 heavy (non-hydrogen) atoms. The molecule has 1 saturated heterocycles. The molecule has 0 spiro atoms. The molecule has 110 valence electrons. The molecule has 0 bridgehead atoms. The van der Waals surface area contributed by atoms with E-state index in [0.29, 0.717) is 13.1 Å². The Bertz CT molecular complexity index is 467. The van der Waals surface area contributed by atoms with E-state index in [1.165, 1.54) is 0 Å². The van der Waals surface area contributed by atoms with Crippen LogP contribution in [0.3, 0.4) is 0 Å². The number of ether oxygens (including phenoxy) is 1. The zero-order chi connectivity index (χ0) is 14.8. The lowest BCUT2D eigenvalue weighted by atomic mass is 10.1. The summed E-state index contributed by atoms with van der Waals surface area (Å²) in [7, 11) is 1.81. The van der Waals surface area contributed by atoms with Crippen LogP contribution in [-0.2, 0) is 4.74 Å². The van der Waals surface area contributed by atoms with E-state index in [1.54, 1.807) is 4.90 Å². The van der Waals surface area contributed by atoms with Crippen LogP contribution in [0.25, 0.3) is 0 Å². The van der Waals surface area contributed by atoms with Crippen molar-refractivity contribution >= 4 is 11.9 Å². The minimum atomic E-state index is -0.455. The van der Waals surface area contributed by atoms with Gasteiger partial charge in [-0.3, -0.25) is 0 Å². The molecule has 0 saturated carbocycles. The Hall–Kier alpha value is -1.85. The predicted molar refractivity (Wildman–Crippen MR) is 76.7 cm³/mol. The summed E-state index contributed by atoms with van der Waals surface area (Å²) in [6, 6.07) is 3.86. The molecule has 1 aromatic rings. The summed E-state index contributed by atoms with van der Waals surface area (Å²) in [6.07, 6.45) is 0.645. The van der Waals surface area contributed by atoms with Crippen LogP contribution in [0.4, 0.5) is 10.6 Å². The Balaban J connectivity index is 1.96. The molecule has 1 aliphatic rings. The second-order valence-electron chi connectivity index (χ2n) is 6.01. The molecular weight excluding hydrogens is 256 g/mol. The lowest BCUT2D eigenvalue weighted by molar-refractivity contribution is 0.0292. The van der Waals surface area contributed by atoms with Crippen molar-refractivity contribution in [2.75, 3.05) is 25.5 Å². The number of carbonyl (C=O) groups excluding carboxylic acids is 1. The fourth-order valence-electron chi connectivity index (χ4n) is 2.19. The molecule has 1 N–H and O–H groups in total. The number of carbonyl (C=O) groups is 1. The first-order chi connectivity index (χ1) is 9.39. The van der Waals surface area contributed by atoms with Gasteiger partial charge < -0.3 is 15.0 Å². The number of rotatable bonds is 2. The highest BCUT2D eigenvalue weighted by molar-refractivity contribution is 5.68. The van der Waals surface area contributed by atoms with Gasteiger partial charge >= 0.3 is 6.09 Å². The number of hydrogen-bond acceptors (Lipinski definition) is 5. The number of likely N-dealkylation sites (tertiary alicyclic amines) is 1. The highest BCUT2D eigenvalue weighted by atomic mass is 16.6. The van der Waals surface area contributed by atoms with Crippen molar-refractivity contribution in [3.05, 3.63) is 17.8 Å². The van der Waals surface area contributed by atoms with Crippen molar-refractivity contribution < 1.29 is 9.53 Å². The summed E-state index contributed by atoms with van der Waals surface area (Å²) >= 11 is 0. The number of nitrogens with one attached hydrogen (secondary N) is 1. The van der Waals surface area contributed by atoms with Gasteiger partial charge in [-0.15, -0.1) is 5.10 Å². The second kappa shape index (κ2) is 5.64. The van der Waals surface area contributed by atoms with Gasteiger partial charge in [-0.05, 0) is 39.3 Å². The normalized spacial score (nSPS) is 19.0. The SMILES string of the molecule is CNc1ccc(C2CCN(C(=O)OC(C)(C)C)C2)nn1. The molecule has 1 unspecified atom stereocenters. The molecule has 2 rings (SSSR count). The maximum atomic E-state index is 12.0. The first-order valence-corrected chi connectivity index (χ1v) is 6.88. The van der Waals surface area contributed by atoms with Crippen LogP contribution < -0.4 is 5.32 Å². The Morgan fingerprint density at radius 3 is 2.70 bits per heavy atom. The number of aromatic nitrogens is 2. The maximum Gasteiger partial charge on any atom is 0.410 e. The predicted octanol–water partition coefficient (Wildman–Crippen LogP) is 2.24. The van der Waals surface area contributed by atoms with E-state index in [9.17, 15) is 4.79 Å². The molecular formula is C14H22N4O2. The largest absolute Gasteiger partial charge is 0.444 e. The molecule has 0 aromatic carbocycles. The standard InChI is InChI=1S/C14H22N4O2/c1-14(2,3)20-13(19)18-8-7-10(9-18)11-5-6-12(15-4)17-16-11/h5-6,10H,7-9H2,1-4H3,(H,15,17). The van der Waals surface area contributed by atoms with Crippen LogP contribution in [0.2, 0.25) is 0 Å². The first-order valence-electron chi connectivity index (χ1n) is 6.88. The van der Waals surface area contributed by atoms with Gasteiger partial charge in [0.15, 0.2) is 0 Å². The van der Waals surface area contributed by atoms with Gasteiger partial charge in [-0.1, -0.05) is 0 Å². The summed E-state index contributed by atoms with van der Waals surface area (Å²) in [5.74, 6) is 0.983. The van der Waals surface area contributed by atoms with Crippen molar-refractivity contribution in [3.8, 4) is 0 Å². The lowest BCUT2D eigenvalue weighted by Crippen LogP contribution is -2.35. The van der Waals surface area contributed by atoms with Gasteiger partial charge in [0.25, 0.3) is 0 Å². The van der Waals surface area contributed by atoms with E-state index in [4.69, 9.17) is 4.74 Å². The monoisotopic (exact) mass is 278 g/mol. The van der Waals surface area contributed by atoms with Crippen molar-refractivity contribution in [1.29, 1.82) is 0 Å². The molecule has 6 nitrogen and oxygen atoms in total. The van der Waals surface area contributed by atoms with Crippen molar-refractivity contribution in [2.45, 2.75) is 38.7 Å². The van der Waals surface area contributed by atoms with E-state index in [-0.39, 0.29) is 12.0 Å². The van der Waals surface area contributed by atoms with Gasteiger partial charge in [-0.2, -0.15) is 5.10 Å². The van der Waals surface area contributed by atoms with Crippen LogP contribution in [0.5, 0.6) is 0 Å². The molecule has 0 aliphatic carbocycles. The zero-order valence-electron chi connectivity index (χ0n) is 12.5. The van der Waals surface area contributed by atoms with Gasteiger partial charge in [0.05, 0.1) is 5.69 Å². The maximum absolute atomic E-state index is 12.0. The third kappa shape index (κ3) is 3.59. The van der Waals surface area contributed by atoms with E-state index >= 15 is 0 Å². The van der Waals surface area contributed by atoms with E-state index in [0.717, 1.165) is 17.9 Å². The fourth-order valence-corrected chi connectivity index (χ4v) is 2.19. The molecule has 2 heterocycles. The van der Waals surface area contributed by atoms with Crippen LogP contribution in [-0.4, -0.2) is 46.9 Å². The average molecular weight is 278 g/mol. The summed E-state index contributed by atoms with van der Waals surface area (Å²) in [5, 5.41) is 11.2. The van der Waals surface area contributed by atoms with Crippen LogP contribution in [0.1, 0.15) is 38.8 Å². The lowest BCUT2D eigenvalue weighted by Gasteiger charge is -2.24. The second-order valence-corrected chi connectivity index (χ2v) is 6.01. The number of anilines is 1. The molecule has 0 radical (unpaired) electrons. The van der Waals surface area contributed by atoms with Gasteiger partial charge in [-0.25, -0.2) is 4.79 Å². The fraction of sp³-hybridized carbons (Fsp3) is 0.643. The average Bonchev–Trinajstić information content (AvgIpc) is 2.86. The Morgan fingerprint density at radius 2 is 2.15 bits per heavy atom. The Labute approximate surface area is 119 Å². The zero-order valence-corrected chi connectivity index (χ0v) is 12.5. The van der Waals surface area contributed by atoms with E-state index < -0.39 is 5.60 Å². The Kier molecular flexibility index (Phi) is 4.11. The van der Waals surface area contributed by atoms with E-state index in [2.05, 4.69) is 15.5 Å². The highest BCUT2D eigenvalue weighted by Crippen LogP contribution is 2.27. The first kappa shape index (κ1) is 14.6. The molecule has 1 aliphatic heterocycles. The number of hydrogen-bond donors (Lipinski definition) is 1. The minimum Gasteiger partial charge on any atom is -0.444 e. The molecule has 6 heteroatoms. The number of nitrogens with zero attached hydrogens (tertiary/aromatic N) is 3. The summed E-state index contributed by atoms with van der Waals surface area (Å²) in [5.41, 5.74) is 0.471. The van der Waals surface area contributed by atoms with E-state index in [1.807, 2.05) is 40.0 Å². The van der Waals surface area contributed by atoms with Gasteiger partial charge in [0.2, 0.25) is 0 Å². The summed E-state index contributed by atoms with van der Waals surface area (Å²) < 4.78 is 5.38. The minimum absolute atomic E-state index is 0.237. The van der Waals surface area contributed by atoms with Crippen LogP contribution in [0.15, 0.2) is 12.1 Å². The molecule has 1 aromatic heterocycles. The van der Waals surface area contributed by atoms with Crippen molar-refractivity contribution in [2.24, 2.45) is 0 Å².